The molecule has 0 saturated heterocycles. The third-order valence-corrected chi connectivity index (χ3v) is 5.32. The van der Waals surface area contributed by atoms with E-state index in [1.165, 1.54) is 4.52 Å². The predicted octanol–water partition coefficient (Wildman–Crippen LogP) is 1.38. The first-order valence-electron chi connectivity index (χ1n) is 8.55. The lowest BCUT2D eigenvalue weighted by Gasteiger charge is -1.99. The van der Waals surface area contributed by atoms with Crippen molar-refractivity contribution in [2.75, 3.05) is 6.79 Å². The van der Waals surface area contributed by atoms with E-state index in [4.69, 9.17) is 9.47 Å². The van der Waals surface area contributed by atoms with Crippen molar-refractivity contribution in [3.8, 4) is 11.5 Å². The Bertz CT molecular complexity index is 1360. The van der Waals surface area contributed by atoms with Gasteiger partial charge in [0.15, 0.2) is 11.5 Å². The molecule has 3 heterocycles. The Morgan fingerprint density at radius 3 is 2.75 bits per heavy atom. The molecule has 1 aliphatic rings. The van der Waals surface area contributed by atoms with Gasteiger partial charge >= 0.3 is 0 Å². The molecule has 138 valence electrons. The number of hydrogen-bond acceptors (Lipinski definition) is 7. The number of aromatic nitrogens is 3. The Labute approximate surface area is 162 Å². The summed E-state index contributed by atoms with van der Waals surface area (Å²) in [4.78, 5) is 29.4. The lowest BCUT2D eigenvalue weighted by molar-refractivity contribution is 0.174. The molecule has 4 aromatic rings. The zero-order chi connectivity index (χ0) is 19.1. The van der Waals surface area contributed by atoms with Crippen molar-refractivity contribution in [1.82, 2.24) is 14.6 Å². The molecule has 5 rings (SSSR count). The Morgan fingerprint density at radius 1 is 1.07 bits per heavy atom. The summed E-state index contributed by atoms with van der Waals surface area (Å²) in [5, 5.41) is 4.26. The van der Waals surface area contributed by atoms with E-state index in [-0.39, 0.29) is 23.0 Å². The smallest absolute Gasteiger partial charge is 0.296 e. The van der Waals surface area contributed by atoms with Crippen molar-refractivity contribution < 1.29 is 9.47 Å². The first-order valence-corrected chi connectivity index (χ1v) is 9.37. The summed E-state index contributed by atoms with van der Waals surface area (Å²) < 4.78 is 12.3. The summed E-state index contributed by atoms with van der Waals surface area (Å²) in [6, 6.07) is 14.9. The van der Waals surface area contributed by atoms with Gasteiger partial charge in [-0.15, -0.1) is 0 Å². The average molecular weight is 391 g/mol. The van der Waals surface area contributed by atoms with Crippen LogP contribution in [-0.4, -0.2) is 21.4 Å². The summed E-state index contributed by atoms with van der Waals surface area (Å²) >= 11 is 1.13. The second-order valence-corrected chi connectivity index (χ2v) is 7.26. The van der Waals surface area contributed by atoms with E-state index >= 15 is 0 Å². The van der Waals surface area contributed by atoms with Gasteiger partial charge in [-0.2, -0.15) is 14.6 Å². The van der Waals surface area contributed by atoms with Gasteiger partial charge in [0, 0.05) is 6.42 Å². The minimum absolute atomic E-state index is 0.189. The highest BCUT2D eigenvalue weighted by Crippen LogP contribution is 2.32. The summed E-state index contributed by atoms with van der Waals surface area (Å²) in [5.74, 6) is 1.31. The van der Waals surface area contributed by atoms with Crippen LogP contribution in [0.5, 0.6) is 11.5 Å². The minimum atomic E-state index is -0.417. The van der Waals surface area contributed by atoms with Crippen LogP contribution in [0.3, 0.4) is 0 Å². The van der Waals surface area contributed by atoms with Crippen molar-refractivity contribution in [3.05, 3.63) is 90.6 Å². The number of hydrogen-bond donors (Lipinski definition) is 0. The molecule has 8 heteroatoms. The van der Waals surface area contributed by atoms with Crippen molar-refractivity contribution in [3.63, 3.8) is 0 Å². The number of thiazole rings is 1. The summed E-state index contributed by atoms with van der Waals surface area (Å²) in [6.45, 7) is 0.189. The van der Waals surface area contributed by atoms with Crippen molar-refractivity contribution in [1.29, 1.82) is 0 Å². The first-order chi connectivity index (χ1) is 13.7. The van der Waals surface area contributed by atoms with Crippen LogP contribution >= 0.6 is 11.3 Å². The third kappa shape index (κ3) is 2.93. The Kier molecular flexibility index (Phi) is 3.91. The normalized spacial score (nSPS) is 13.4. The number of rotatable bonds is 3. The first kappa shape index (κ1) is 16.6. The highest BCUT2D eigenvalue weighted by atomic mass is 32.1. The fourth-order valence-electron chi connectivity index (χ4n) is 3.00. The maximum absolute atomic E-state index is 12.8. The van der Waals surface area contributed by atoms with Crippen LogP contribution in [-0.2, 0) is 6.42 Å². The van der Waals surface area contributed by atoms with Crippen LogP contribution in [0.15, 0.2) is 58.1 Å². The molecule has 0 atom stereocenters. The molecule has 2 aromatic heterocycles. The molecule has 0 radical (unpaired) electrons. The van der Waals surface area contributed by atoms with E-state index in [1.807, 2.05) is 36.4 Å². The van der Waals surface area contributed by atoms with Crippen LogP contribution in [0.4, 0.5) is 0 Å². The Balaban J connectivity index is 1.59. The Morgan fingerprint density at radius 2 is 1.89 bits per heavy atom. The summed E-state index contributed by atoms with van der Waals surface area (Å²) in [7, 11) is 0. The van der Waals surface area contributed by atoms with Crippen molar-refractivity contribution in [2.24, 2.45) is 0 Å². The van der Waals surface area contributed by atoms with Crippen LogP contribution in [0, 0.1) is 0 Å². The van der Waals surface area contributed by atoms with Crippen molar-refractivity contribution in [2.45, 2.75) is 6.42 Å². The number of ether oxygens (including phenoxy) is 2. The molecular weight excluding hydrogens is 378 g/mol. The van der Waals surface area contributed by atoms with Gasteiger partial charge in [-0.05, 0) is 29.3 Å². The average Bonchev–Trinajstić information content (AvgIpc) is 3.28. The molecular formula is C20H13N3O4S. The molecule has 7 nitrogen and oxygen atoms in total. The highest BCUT2D eigenvalue weighted by Gasteiger charge is 2.14. The SMILES string of the molecule is O=c1nc2sc(=Cc3ccc4c(c3)OCO4)c(=O)n2nc1Cc1ccccc1. The van der Waals surface area contributed by atoms with E-state index in [1.54, 1.807) is 18.2 Å². The van der Waals surface area contributed by atoms with Gasteiger partial charge in [0.05, 0.1) is 4.53 Å². The maximum atomic E-state index is 12.8. The fourth-order valence-corrected chi connectivity index (χ4v) is 3.90. The molecule has 0 saturated carbocycles. The number of benzene rings is 2. The van der Waals surface area contributed by atoms with Gasteiger partial charge < -0.3 is 9.47 Å². The van der Waals surface area contributed by atoms with Gasteiger partial charge in [0.1, 0.15) is 5.69 Å². The third-order valence-electron chi connectivity index (χ3n) is 4.36. The molecule has 1 aliphatic heterocycles. The molecule has 0 bridgehead atoms. The molecule has 0 fully saturated rings. The van der Waals surface area contributed by atoms with E-state index in [0.717, 1.165) is 22.5 Å². The Hall–Kier alpha value is -3.52. The number of fused-ring (bicyclic) bond motifs is 2. The minimum Gasteiger partial charge on any atom is -0.454 e. The van der Waals surface area contributed by atoms with Crippen molar-refractivity contribution >= 4 is 22.4 Å². The summed E-state index contributed by atoms with van der Waals surface area (Å²) in [6.07, 6.45) is 2.05. The van der Waals surface area contributed by atoms with Gasteiger partial charge in [-0.1, -0.05) is 47.7 Å². The second kappa shape index (κ2) is 6.58. The van der Waals surface area contributed by atoms with Crippen LogP contribution in [0.2, 0.25) is 0 Å². The molecule has 0 amide bonds. The topological polar surface area (TPSA) is 82.8 Å². The predicted molar refractivity (Wildman–Crippen MR) is 104 cm³/mol. The monoisotopic (exact) mass is 391 g/mol. The van der Waals surface area contributed by atoms with E-state index in [0.29, 0.717) is 22.5 Å². The summed E-state index contributed by atoms with van der Waals surface area (Å²) in [5.41, 5.74) is 1.25. The lowest BCUT2D eigenvalue weighted by atomic mass is 10.1. The second-order valence-electron chi connectivity index (χ2n) is 6.25. The van der Waals surface area contributed by atoms with Crippen LogP contribution in [0.1, 0.15) is 16.8 Å². The largest absolute Gasteiger partial charge is 0.454 e. The molecule has 0 spiro atoms. The van der Waals surface area contributed by atoms with Gasteiger partial charge in [0.2, 0.25) is 11.8 Å². The molecule has 0 aliphatic carbocycles. The molecule has 28 heavy (non-hydrogen) atoms. The fraction of sp³-hybridized carbons (Fsp3) is 0.100. The van der Waals surface area contributed by atoms with E-state index in [9.17, 15) is 9.59 Å². The molecule has 2 aromatic carbocycles. The maximum Gasteiger partial charge on any atom is 0.296 e. The zero-order valence-electron chi connectivity index (χ0n) is 14.5. The highest BCUT2D eigenvalue weighted by molar-refractivity contribution is 7.15. The van der Waals surface area contributed by atoms with E-state index in [2.05, 4.69) is 10.1 Å². The number of nitrogens with zero attached hydrogens (tertiary/aromatic N) is 3. The standard InChI is InChI=1S/C20H13N3O4S/c24-18-14(8-12-4-2-1-3-5-12)22-23-19(25)17(28-20(23)21-18)10-13-6-7-15-16(9-13)27-11-26-15/h1-7,9-10H,8,11H2. The van der Waals surface area contributed by atoms with Crippen LogP contribution in [0.25, 0.3) is 11.0 Å². The van der Waals surface area contributed by atoms with Gasteiger partial charge in [-0.3, -0.25) is 9.59 Å². The zero-order valence-corrected chi connectivity index (χ0v) is 15.3. The van der Waals surface area contributed by atoms with Crippen LogP contribution < -0.4 is 25.1 Å². The molecule has 0 unspecified atom stereocenters. The van der Waals surface area contributed by atoms with Gasteiger partial charge in [-0.25, -0.2) is 0 Å². The van der Waals surface area contributed by atoms with E-state index < -0.39 is 5.56 Å². The lowest BCUT2D eigenvalue weighted by Crippen LogP contribution is -2.28. The van der Waals surface area contributed by atoms with Gasteiger partial charge in [0.25, 0.3) is 11.1 Å². The molecule has 0 N–H and O–H groups in total. The quantitative estimate of drug-likeness (QED) is 0.525.